The summed E-state index contributed by atoms with van der Waals surface area (Å²) in [4.78, 5) is 161. The summed E-state index contributed by atoms with van der Waals surface area (Å²) in [5.74, 6) is -6.28. The van der Waals surface area contributed by atoms with E-state index >= 15 is 0 Å². The Morgan fingerprint density at radius 3 is 1.12 bits per heavy atom. The zero-order valence-corrected chi connectivity index (χ0v) is 43.2. The van der Waals surface area contributed by atoms with Gasteiger partial charge in [0.25, 0.3) is 35.0 Å². The summed E-state index contributed by atoms with van der Waals surface area (Å²) in [5.41, 5.74) is 1.39. The highest BCUT2D eigenvalue weighted by molar-refractivity contribution is 6.13. The average Bonchev–Trinajstić information content (AvgIpc) is 3.94. The van der Waals surface area contributed by atoms with Crippen LogP contribution < -0.4 is 41.4 Å². The first kappa shape index (κ1) is 58.8. The molecule has 4 aromatic carbocycles. The van der Waals surface area contributed by atoms with Crippen LogP contribution in [0.15, 0.2) is 109 Å². The van der Waals surface area contributed by atoms with E-state index < -0.39 is 99.2 Å². The van der Waals surface area contributed by atoms with Crippen LogP contribution >= 0.6 is 0 Å². The highest BCUT2D eigenvalue weighted by atomic mass is 16.7. The number of rotatable bonds is 24. The number of hydrogen-bond donors (Lipinski definition) is 6. The number of non-ortho nitro benzene ring substituents is 2. The Labute approximate surface area is 454 Å². The van der Waals surface area contributed by atoms with Crippen molar-refractivity contribution in [1.82, 2.24) is 31.1 Å². The Morgan fingerprint density at radius 1 is 0.475 bits per heavy atom. The van der Waals surface area contributed by atoms with Crippen LogP contribution in [0.2, 0.25) is 0 Å². The van der Waals surface area contributed by atoms with Gasteiger partial charge in [0.05, 0.1) is 9.85 Å². The molecule has 27 nitrogen and oxygen atoms in total. The lowest BCUT2D eigenvalue weighted by Gasteiger charge is -2.19. The van der Waals surface area contributed by atoms with E-state index in [1.807, 2.05) is 0 Å². The maximum Gasteiger partial charge on any atom is 0.519 e. The summed E-state index contributed by atoms with van der Waals surface area (Å²) in [6.07, 6.45) is 2.49. The van der Waals surface area contributed by atoms with Crippen molar-refractivity contribution in [2.24, 2.45) is 0 Å². The van der Waals surface area contributed by atoms with Gasteiger partial charge in [0, 0.05) is 110 Å². The van der Waals surface area contributed by atoms with Gasteiger partial charge in [0.1, 0.15) is 35.7 Å². The van der Waals surface area contributed by atoms with Gasteiger partial charge in [0.2, 0.25) is 35.4 Å². The Balaban J connectivity index is 1.01. The number of carbonyl (C=O) groups excluding carboxylic acids is 11. The Kier molecular flexibility index (Phi) is 19.5. The SMILES string of the molecule is C[C@H](NC(=O)CCN1C(=O)C=CC1=O)C(=O)N[C@@H](C)C(=O)Nc1ccc(Cc2cc([N+](=O)[O-])ccc2OC(=O)Oc2ccc([N+](=O)[O-])cc2Cc2ccc(NC(=O)[C@H](C)NC(=O)[C@H](C)NC(=O)CCN3C(=O)C=CC3=O)cc2)cc1. The molecule has 2 aliphatic rings. The Hall–Kier alpha value is -10.5. The van der Waals surface area contributed by atoms with Gasteiger partial charge in [-0.1, -0.05) is 24.3 Å². The summed E-state index contributed by atoms with van der Waals surface area (Å²) in [7, 11) is 0. The minimum Gasteiger partial charge on any atom is -0.394 e. The third-order valence-electron chi connectivity index (χ3n) is 12.1. The predicted octanol–water partition coefficient (Wildman–Crippen LogP) is 2.79. The summed E-state index contributed by atoms with van der Waals surface area (Å²) >= 11 is 0. The van der Waals surface area contributed by atoms with Gasteiger partial charge in [-0.15, -0.1) is 0 Å². The molecular weight excluding hydrogens is 1050 g/mol. The van der Waals surface area contributed by atoms with Crippen LogP contribution in [-0.2, 0) is 60.8 Å². The van der Waals surface area contributed by atoms with Gasteiger partial charge in [-0.05, 0) is 75.2 Å². The lowest BCUT2D eigenvalue weighted by molar-refractivity contribution is -0.385. The zero-order valence-electron chi connectivity index (χ0n) is 43.2. The zero-order chi connectivity index (χ0) is 58.4. The molecule has 0 fully saturated rings. The maximum atomic E-state index is 13.4. The lowest BCUT2D eigenvalue weighted by atomic mass is 10.0. The van der Waals surface area contributed by atoms with Crippen LogP contribution in [0.1, 0.15) is 62.8 Å². The molecule has 0 aromatic heterocycles. The molecule has 0 saturated heterocycles. The van der Waals surface area contributed by atoms with E-state index in [9.17, 15) is 73.0 Å². The third-order valence-corrected chi connectivity index (χ3v) is 12.1. The molecule has 80 heavy (non-hydrogen) atoms. The van der Waals surface area contributed by atoms with Crippen molar-refractivity contribution in [3.63, 3.8) is 0 Å². The first-order valence-corrected chi connectivity index (χ1v) is 24.4. The van der Waals surface area contributed by atoms with Crippen LogP contribution in [-0.4, -0.2) is 122 Å². The molecule has 6 N–H and O–H groups in total. The first-order chi connectivity index (χ1) is 37.9. The fraction of sp³-hybridized carbons (Fsp3) is 0.264. The van der Waals surface area contributed by atoms with E-state index in [1.165, 1.54) is 76.2 Å². The van der Waals surface area contributed by atoms with Crippen LogP contribution in [0.4, 0.5) is 27.5 Å². The van der Waals surface area contributed by atoms with E-state index in [1.54, 1.807) is 24.3 Å². The number of amides is 10. The lowest BCUT2D eigenvalue weighted by Crippen LogP contribution is -2.50. The van der Waals surface area contributed by atoms with Crippen molar-refractivity contribution < 1.29 is 72.1 Å². The van der Waals surface area contributed by atoms with Crippen molar-refractivity contribution in [3.05, 3.63) is 152 Å². The number of nitro benzene ring substituents is 2. The smallest absolute Gasteiger partial charge is 0.394 e. The average molecular weight is 1100 g/mol. The van der Waals surface area contributed by atoms with Gasteiger partial charge in [-0.3, -0.25) is 78.0 Å². The summed E-state index contributed by atoms with van der Waals surface area (Å²) < 4.78 is 11.1. The second-order valence-corrected chi connectivity index (χ2v) is 18.1. The Morgan fingerprint density at radius 2 is 0.800 bits per heavy atom. The van der Waals surface area contributed by atoms with Crippen LogP contribution in [0.25, 0.3) is 0 Å². The number of benzene rings is 4. The van der Waals surface area contributed by atoms with E-state index in [-0.39, 0.29) is 72.8 Å². The molecule has 0 radical (unpaired) electrons. The molecule has 0 saturated carbocycles. The van der Waals surface area contributed by atoms with Gasteiger partial charge in [0.15, 0.2) is 0 Å². The summed E-state index contributed by atoms with van der Waals surface area (Å²) in [5, 5.41) is 38.7. The number of nitrogens with zero attached hydrogens (tertiary/aromatic N) is 4. The van der Waals surface area contributed by atoms with Crippen molar-refractivity contribution >= 4 is 88.0 Å². The number of hydrogen-bond acceptors (Lipinski definition) is 17. The molecular formula is C53H52N10O17. The fourth-order valence-electron chi connectivity index (χ4n) is 7.68. The molecule has 6 rings (SSSR count). The van der Waals surface area contributed by atoms with E-state index in [0.717, 1.165) is 46.2 Å². The monoisotopic (exact) mass is 1100 g/mol. The van der Waals surface area contributed by atoms with Crippen LogP contribution in [0, 0.1) is 20.2 Å². The standard InChI is InChI=1S/C53H52N10O17/c1-29(54-43(64)21-23-60-45(66)17-18-46(60)67)49(70)56-31(3)51(72)58-37-9-5-33(6-10-37)25-35-27-39(62(75)76)13-15-41(35)79-53(74)80-42-16-14-40(63(77)78)28-36(42)26-34-7-11-38(12-8-34)59-52(73)32(4)57-50(71)30(2)55-44(65)22-24-61-47(68)19-20-48(61)69/h5-20,27-32H,21-26H2,1-4H3,(H,54,64)(H,55,65)(H,56,70)(H,57,71)(H,58,72)(H,59,73)/t29-,30-,31-,32-/m0/s1. The molecule has 10 amide bonds. The molecule has 4 aromatic rings. The first-order valence-electron chi connectivity index (χ1n) is 24.4. The van der Waals surface area contributed by atoms with Gasteiger partial charge in [-0.25, -0.2) is 4.79 Å². The summed E-state index contributed by atoms with van der Waals surface area (Å²) in [6, 6.07) is 15.1. The number of anilines is 2. The molecule has 4 atom stereocenters. The number of nitrogens with one attached hydrogen (secondary N) is 6. The molecule has 0 bridgehead atoms. The highest BCUT2D eigenvalue weighted by Crippen LogP contribution is 2.31. The number of ether oxygens (including phenoxy) is 2. The molecule has 0 spiro atoms. The van der Waals surface area contributed by atoms with Gasteiger partial charge < -0.3 is 41.4 Å². The minimum absolute atomic E-state index is 0.0313. The van der Waals surface area contributed by atoms with Crippen molar-refractivity contribution in [3.8, 4) is 11.5 Å². The Bertz CT molecular complexity index is 2980. The van der Waals surface area contributed by atoms with E-state index in [2.05, 4.69) is 31.9 Å². The van der Waals surface area contributed by atoms with Gasteiger partial charge >= 0.3 is 6.16 Å². The highest BCUT2D eigenvalue weighted by Gasteiger charge is 2.28. The topological polar surface area (TPSA) is 371 Å². The number of nitro groups is 2. The molecule has 0 aliphatic carbocycles. The minimum atomic E-state index is -1.29. The van der Waals surface area contributed by atoms with Gasteiger partial charge in [-0.2, -0.15) is 0 Å². The van der Waals surface area contributed by atoms with Crippen molar-refractivity contribution in [2.75, 3.05) is 23.7 Å². The van der Waals surface area contributed by atoms with Crippen LogP contribution in [0.5, 0.6) is 11.5 Å². The number of carbonyl (C=O) groups is 11. The molecule has 2 aliphatic heterocycles. The molecule has 416 valence electrons. The van der Waals surface area contributed by atoms with Crippen molar-refractivity contribution in [1.29, 1.82) is 0 Å². The second-order valence-electron chi connectivity index (χ2n) is 18.1. The number of imide groups is 2. The van der Waals surface area contributed by atoms with E-state index in [0.29, 0.717) is 22.5 Å². The molecule has 2 heterocycles. The normalized spacial score (nSPS) is 14.1. The quantitative estimate of drug-likeness (QED) is 0.0193. The largest absolute Gasteiger partial charge is 0.519 e. The molecule has 0 unspecified atom stereocenters. The maximum absolute atomic E-state index is 13.4. The third kappa shape index (κ3) is 16.3. The predicted molar refractivity (Wildman–Crippen MR) is 280 cm³/mol. The molecule has 27 heteroatoms. The van der Waals surface area contributed by atoms with Crippen LogP contribution in [0.3, 0.4) is 0 Å². The van der Waals surface area contributed by atoms with Crippen molar-refractivity contribution in [2.45, 2.75) is 77.5 Å². The fourth-order valence-corrected chi connectivity index (χ4v) is 7.68. The summed E-state index contributed by atoms with van der Waals surface area (Å²) in [6.45, 7) is 5.24. The van der Waals surface area contributed by atoms with E-state index in [4.69, 9.17) is 9.47 Å². The second kappa shape index (κ2) is 26.5.